The van der Waals surface area contributed by atoms with E-state index in [9.17, 15) is 18.3 Å². The normalized spacial score (nSPS) is 33.9. The summed E-state index contributed by atoms with van der Waals surface area (Å²) in [5.74, 6) is 0.561. The summed E-state index contributed by atoms with van der Waals surface area (Å²) < 4.78 is 30.0. The molecule has 1 amide bonds. The Labute approximate surface area is 234 Å². The largest absolute Gasteiger partial charge is 0.395 e. The zero-order valence-electron chi connectivity index (χ0n) is 23.8. The number of nitrogens with one attached hydrogen (secondary N) is 1. The number of aryl methyl sites for hydroxylation is 1. The Morgan fingerprint density at radius 3 is 2.59 bits per heavy atom. The minimum atomic E-state index is -3.47. The summed E-state index contributed by atoms with van der Waals surface area (Å²) in [5.41, 5.74) is 2.45. The van der Waals surface area contributed by atoms with Crippen molar-refractivity contribution in [1.29, 1.82) is 0 Å². The van der Waals surface area contributed by atoms with Crippen LogP contribution in [-0.2, 0) is 26.7 Å². The van der Waals surface area contributed by atoms with Crippen molar-refractivity contribution in [2.24, 2.45) is 22.7 Å². The Morgan fingerprint density at radius 2 is 1.85 bits per heavy atom. The van der Waals surface area contributed by atoms with Crippen LogP contribution >= 0.6 is 0 Å². The van der Waals surface area contributed by atoms with Crippen LogP contribution in [0.3, 0.4) is 0 Å². The van der Waals surface area contributed by atoms with Gasteiger partial charge in [-0.05, 0) is 92.2 Å². The SMILES string of the molecule is CC1(C)C2CCC1(CS(=O)(=O)N1CCC3(CCc4ccccc43)CC1)C(NC(=O)C1CCCN(CCO)C1)C2. The number of piperidine rings is 2. The van der Waals surface area contributed by atoms with Crippen LogP contribution in [0.2, 0.25) is 0 Å². The number of hydrogen-bond acceptors (Lipinski definition) is 5. The van der Waals surface area contributed by atoms with E-state index in [-0.39, 0.29) is 41.1 Å². The van der Waals surface area contributed by atoms with Gasteiger partial charge in [0.05, 0.1) is 18.3 Å². The maximum atomic E-state index is 14.1. The lowest BCUT2D eigenvalue weighted by Gasteiger charge is -2.45. The molecule has 2 heterocycles. The standard InChI is InChI=1S/C31H47N3O4S/c1-29(2)25-10-12-31(29,27(20-25)32-28(36)24-7-5-15-33(21-24)18-19-35)22-39(37,38)34-16-13-30(14-17-34)11-9-23-6-3-4-8-26(23)30/h3-4,6,8,24-25,27,35H,5,7,9-22H2,1-2H3,(H,32,36). The van der Waals surface area contributed by atoms with Gasteiger partial charge in [0.15, 0.2) is 0 Å². The Morgan fingerprint density at radius 1 is 1.08 bits per heavy atom. The molecule has 7 nitrogen and oxygen atoms in total. The van der Waals surface area contributed by atoms with Gasteiger partial charge >= 0.3 is 0 Å². The number of amides is 1. The monoisotopic (exact) mass is 557 g/mol. The second-order valence-corrected chi connectivity index (χ2v) is 15.8. The van der Waals surface area contributed by atoms with E-state index in [2.05, 4.69) is 48.3 Å². The third-order valence-corrected chi connectivity index (χ3v) is 14.0. The van der Waals surface area contributed by atoms with Crippen LogP contribution in [0.5, 0.6) is 0 Å². The van der Waals surface area contributed by atoms with E-state index in [1.54, 1.807) is 4.31 Å². The number of hydrogen-bond donors (Lipinski definition) is 2. The van der Waals surface area contributed by atoms with Crippen molar-refractivity contribution in [2.75, 3.05) is 45.1 Å². The van der Waals surface area contributed by atoms with Crippen LogP contribution in [0, 0.1) is 22.7 Å². The molecule has 0 radical (unpaired) electrons. The topological polar surface area (TPSA) is 90.0 Å². The zero-order chi connectivity index (χ0) is 27.5. The van der Waals surface area contributed by atoms with Gasteiger partial charge in [-0.25, -0.2) is 12.7 Å². The van der Waals surface area contributed by atoms with Crippen molar-refractivity contribution in [2.45, 2.75) is 83.1 Å². The van der Waals surface area contributed by atoms with E-state index >= 15 is 0 Å². The summed E-state index contributed by atoms with van der Waals surface area (Å²) in [7, 11) is -3.47. The first kappa shape index (κ1) is 27.7. The molecule has 2 saturated heterocycles. The number of fused-ring (bicyclic) bond motifs is 4. The molecule has 4 unspecified atom stereocenters. The van der Waals surface area contributed by atoms with Gasteiger partial charge in [0, 0.05) is 37.6 Å². The second-order valence-electron chi connectivity index (χ2n) is 13.9. The van der Waals surface area contributed by atoms with Gasteiger partial charge in [-0.15, -0.1) is 0 Å². The average Bonchev–Trinajstić information content (AvgIpc) is 3.46. The molecule has 1 spiro atoms. The maximum Gasteiger partial charge on any atom is 0.224 e. The number of carbonyl (C=O) groups is 1. The van der Waals surface area contributed by atoms with Gasteiger partial charge in [-0.1, -0.05) is 38.1 Å². The lowest BCUT2D eigenvalue weighted by atomic mass is 9.69. The number of nitrogens with zero attached hydrogens (tertiary/aromatic N) is 2. The summed E-state index contributed by atoms with van der Waals surface area (Å²) >= 11 is 0. The third kappa shape index (κ3) is 4.58. The first-order chi connectivity index (χ1) is 18.6. The molecule has 1 aromatic carbocycles. The van der Waals surface area contributed by atoms with Gasteiger partial charge in [0.1, 0.15) is 0 Å². The lowest BCUT2D eigenvalue weighted by molar-refractivity contribution is -0.128. The summed E-state index contributed by atoms with van der Waals surface area (Å²) in [6.07, 6.45) is 8.62. The molecule has 4 fully saturated rings. The Balaban J connectivity index is 1.16. The number of aliphatic hydroxyl groups excluding tert-OH is 1. The van der Waals surface area contributed by atoms with E-state index in [0.29, 0.717) is 32.1 Å². The second kappa shape index (κ2) is 10.1. The van der Waals surface area contributed by atoms with Crippen LogP contribution in [0.25, 0.3) is 0 Å². The maximum absolute atomic E-state index is 14.1. The Kier molecular flexibility index (Phi) is 7.17. The smallest absolute Gasteiger partial charge is 0.224 e. The number of sulfonamides is 1. The van der Waals surface area contributed by atoms with Crippen LogP contribution in [0.15, 0.2) is 24.3 Å². The molecule has 8 heteroatoms. The molecular weight excluding hydrogens is 510 g/mol. The fourth-order valence-electron chi connectivity index (χ4n) is 9.42. The van der Waals surface area contributed by atoms with Gasteiger partial charge in [0.25, 0.3) is 0 Å². The number of likely N-dealkylation sites (tertiary alicyclic amines) is 1. The first-order valence-corrected chi connectivity index (χ1v) is 16.9. The van der Waals surface area contributed by atoms with Crippen molar-refractivity contribution >= 4 is 15.9 Å². The number of carbonyl (C=O) groups excluding carboxylic acids is 1. The fraction of sp³-hybridized carbons (Fsp3) is 0.774. The number of benzene rings is 1. The molecule has 2 saturated carbocycles. The van der Waals surface area contributed by atoms with Gasteiger partial charge < -0.3 is 15.3 Å². The predicted molar refractivity (Wildman–Crippen MR) is 153 cm³/mol. The molecule has 1 aromatic rings. The van der Waals surface area contributed by atoms with E-state index in [4.69, 9.17) is 0 Å². The molecule has 39 heavy (non-hydrogen) atoms. The summed E-state index contributed by atoms with van der Waals surface area (Å²) in [6.45, 7) is 7.99. The highest BCUT2D eigenvalue weighted by atomic mass is 32.2. The van der Waals surface area contributed by atoms with E-state index in [1.807, 2.05) is 0 Å². The minimum Gasteiger partial charge on any atom is -0.395 e. The van der Waals surface area contributed by atoms with Crippen molar-refractivity contribution in [3.8, 4) is 0 Å². The van der Waals surface area contributed by atoms with Crippen molar-refractivity contribution in [3.05, 3.63) is 35.4 Å². The summed E-state index contributed by atoms with van der Waals surface area (Å²) in [6, 6.07) is 8.63. The van der Waals surface area contributed by atoms with Crippen LogP contribution in [-0.4, -0.2) is 79.8 Å². The fourth-order valence-corrected chi connectivity index (χ4v) is 11.7. The van der Waals surface area contributed by atoms with Gasteiger partial charge in [-0.3, -0.25) is 4.79 Å². The number of aliphatic hydroxyl groups is 1. The Hall–Kier alpha value is -1.48. The molecule has 216 valence electrons. The van der Waals surface area contributed by atoms with Crippen molar-refractivity contribution < 1.29 is 18.3 Å². The quantitative estimate of drug-likeness (QED) is 0.537. The van der Waals surface area contributed by atoms with Crippen LogP contribution in [0.1, 0.15) is 76.3 Å². The van der Waals surface area contributed by atoms with Crippen molar-refractivity contribution in [3.63, 3.8) is 0 Å². The highest BCUT2D eigenvalue weighted by molar-refractivity contribution is 7.89. The highest BCUT2D eigenvalue weighted by Crippen LogP contribution is 2.66. The van der Waals surface area contributed by atoms with E-state index in [0.717, 1.165) is 64.3 Å². The predicted octanol–water partition coefficient (Wildman–Crippen LogP) is 3.31. The summed E-state index contributed by atoms with van der Waals surface area (Å²) in [4.78, 5) is 15.7. The van der Waals surface area contributed by atoms with Crippen molar-refractivity contribution in [1.82, 2.24) is 14.5 Å². The molecule has 2 bridgehead atoms. The molecule has 4 atom stereocenters. The van der Waals surface area contributed by atoms with Crippen LogP contribution < -0.4 is 5.32 Å². The lowest BCUT2D eigenvalue weighted by Crippen LogP contribution is -2.56. The van der Waals surface area contributed by atoms with Crippen LogP contribution in [0.4, 0.5) is 0 Å². The van der Waals surface area contributed by atoms with E-state index in [1.165, 1.54) is 11.1 Å². The average molecular weight is 558 g/mol. The van der Waals surface area contributed by atoms with E-state index < -0.39 is 15.4 Å². The first-order valence-electron chi connectivity index (χ1n) is 15.3. The molecule has 6 rings (SSSR count). The zero-order valence-corrected chi connectivity index (χ0v) is 24.6. The molecule has 5 aliphatic rings. The van der Waals surface area contributed by atoms with Gasteiger partial charge in [0.2, 0.25) is 15.9 Å². The number of β-amino-alcohol motifs (C(OH)–C–C–N with tert-alkyl or cyclic N) is 1. The molecule has 3 aliphatic carbocycles. The summed E-state index contributed by atoms with van der Waals surface area (Å²) in [5, 5.41) is 12.8. The molecule has 0 aromatic heterocycles. The third-order valence-electron chi connectivity index (χ3n) is 12.0. The Bertz CT molecular complexity index is 1190. The highest BCUT2D eigenvalue weighted by Gasteiger charge is 2.66. The molecule has 2 aliphatic heterocycles. The molecule has 2 N–H and O–H groups in total. The van der Waals surface area contributed by atoms with Gasteiger partial charge in [-0.2, -0.15) is 0 Å². The number of rotatable bonds is 7. The minimum absolute atomic E-state index is 0.0718. The molecular formula is C31H47N3O4S.